The Morgan fingerprint density at radius 2 is 0.617 bits per heavy atom. The van der Waals surface area contributed by atoms with E-state index < -0.39 is 92.8 Å². The molecule has 1 aliphatic heterocycles. The first-order valence-corrected chi connectivity index (χ1v) is 20.9. The second-order valence-electron chi connectivity index (χ2n) is 15.2. The minimum atomic E-state index is -0.602. The highest BCUT2D eigenvalue weighted by atomic mass is 16.2. The summed E-state index contributed by atoms with van der Waals surface area (Å²) >= 11 is 0. The number of nitrogens with zero attached hydrogens (tertiary/aromatic N) is 6. The van der Waals surface area contributed by atoms with Gasteiger partial charge in [0.05, 0.1) is 37.8 Å². The van der Waals surface area contributed by atoms with Crippen molar-refractivity contribution in [3.8, 4) is 0 Å². The van der Waals surface area contributed by atoms with Crippen molar-refractivity contribution >= 4 is 35.4 Å². The van der Waals surface area contributed by atoms with Crippen LogP contribution in [0.2, 0.25) is 0 Å². The van der Waals surface area contributed by atoms with Gasteiger partial charge in [-0.05, 0) is 76.4 Å². The van der Waals surface area contributed by atoms with Crippen LogP contribution in [-0.4, -0.2) is 143 Å². The van der Waals surface area contributed by atoms with Crippen LogP contribution >= 0.6 is 0 Å². The molecule has 0 spiro atoms. The zero-order chi connectivity index (χ0) is 43.6. The molecule has 3 aromatic carbocycles. The van der Waals surface area contributed by atoms with E-state index in [0.717, 1.165) is 16.7 Å². The molecule has 0 radical (unpaired) electrons. The zero-order valence-corrected chi connectivity index (χ0v) is 35.4. The Balaban J connectivity index is 1.86. The molecule has 1 heterocycles. The Hall–Kier alpha value is -5.64. The molecule has 0 aromatic heterocycles. The molecular formula is C45H63N9O6. The van der Waals surface area contributed by atoms with Crippen molar-refractivity contribution in [3.63, 3.8) is 0 Å². The smallest absolute Gasteiger partial charge is 0.243 e. The molecule has 324 valence electrons. The summed E-state index contributed by atoms with van der Waals surface area (Å²) in [6.07, 6.45) is 1.13. The molecule has 0 bridgehead atoms. The lowest BCUT2D eigenvalue weighted by molar-refractivity contribution is -0.152. The summed E-state index contributed by atoms with van der Waals surface area (Å²) in [4.78, 5) is 95.3. The second kappa shape index (κ2) is 23.8. The largest absolute Gasteiger partial charge is 0.332 e. The van der Waals surface area contributed by atoms with Gasteiger partial charge in [0.1, 0.15) is 19.6 Å². The molecule has 4 rings (SSSR count). The van der Waals surface area contributed by atoms with E-state index in [-0.39, 0.29) is 39.3 Å². The van der Waals surface area contributed by atoms with Gasteiger partial charge in [0, 0.05) is 19.6 Å². The van der Waals surface area contributed by atoms with Gasteiger partial charge in [0.25, 0.3) is 0 Å². The summed E-state index contributed by atoms with van der Waals surface area (Å²) < 4.78 is 0. The number of hydrogen-bond acceptors (Lipinski definition) is 9. The zero-order valence-electron chi connectivity index (χ0n) is 35.4. The molecule has 1 saturated heterocycles. The molecule has 3 atom stereocenters. The first-order valence-electron chi connectivity index (χ1n) is 20.9. The highest BCUT2D eigenvalue weighted by Crippen LogP contribution is 2.25. The number of carbonyl (C=O) groups excluding carboxylic acids is 6. The Bertz CT molecular complexity index is 1640. The highest BCUT2D eigenvalue weighted by molar-refractivity contribution is 5.94. The predicted molar refractivity (Wildman–Crippen MR) is 230 cm³/mol. The maximum Gasteiger partial charge on any atom is 0.243 e. The van der Waals surface area contributed by atoms with Crippen LogP contribution in [0.5, 0.6) is 0 Å². The second-order valence-corrected chi connectivity index (χ2v) is 15.2. The van der Waals surface area contributed by atoms with Crippen molar-refractivity contribution in [1.82, 2.24) is 29.4 Å². The summed E-state index contributed by atoms with van der Waals surface area (Å²) in [6, 6.07) is 25.9. The topological polar surface area (TPSA) is 200 Å². The lowest BCUT2D eigenvalue weighted by atomic mass is 10.1. The van der Waals surface area contributed by atoms with Gasteiger partial charge in [0.15, 0.2) is 0 Å². The van der Waals surface area contributed by atoms with Crippen LogP contribution in [0, 0.1) is 0 Å². The third kappa shape index (κ3) is 13.2. The molecule has 6 N–H and O–H groups in total. The number of rotatable bonds is 15. The fourth-order valence-corrected chi connectivity index (χ4v) is 7.28. The summed E-state index contributed by atoms with van der Waals surface area (Å²) in [6.45, 7) is 4.13. The Morgan fingerprint density at radius 3 is 0.833 bits per heavy atom. The van der Waals surface area contributed by atoms with E-state index >= 15 is 0 Å². The van der Waals surface area contributed by atoms with E-state index in [1.807, 2.05) is 91.0 Å². The predicted octanol–water partition coefficient (Wildman–Crippen LogP) is 2.30. The van der Waals surface area contributed by atoms with E-state index in [9.17, 15) is 28.8 Å². The van der Waals surface area contributed by atoms with Gasteiger partial charge in [-0.1, -0.05) is 91.0 Å². The number of carbonyl (C=O) groups is 6. The Labute approximate surface area is 354 Å². The Kier molecular flexibility index (Phi) is 18.7. The van der Waals surface area contributed by atoms with Crippen molar-refractivity contribution in [1.29, 1.82) is 0 Å². The quantitative estimate of drug-likeness (QED) is 0.206. The fraction of sp³-hybridized carbons (Fsp3) is 0.467. The standard InChI is InChI=1S/C45H63N9O6/c1-34(37-16-7-4-8-17-37)52-31-40(55)50(26-14-23-47)29-44(59)54(36(3)39-20-11-6-12-21-39)33-42(57)51(27-15-24-48)30-45(60)53(35(2)38-18-9-5-10-19-38)32-41(56)49(25-13-22-46)28-43(52)58/h4-12,16-21,34-36H,13-15,22-33,46-48H2,1-3H3/t34-,35-,36-/m0/s1. The van der Waals surface area contributed by atoms with Crippen molar-refractivity contribution in [3.05, 3.63) is 108 Å². The van der Waals surface area contributed by atoms with Crippen LogP contribution in [0.15, 0.2) is 91.0 Å². The summed E-state index contributed by atoms with van der Waals surface area (Å²) in [5, 5.41) is 0. The monoisotopic (exact) mass is 825 g/mol. The molecule has 60 heavy (non-hydrogen) atoms. The van der Waals surface area contributed by atoms with Crippen molar-refractivity contribution in [2.45, 2.75) is 58.2 Å². The lowest BCUT2D eigenvalue weighted by Gasteiger charge is -2.37. The van der Waals surface area contributed by atoms with Gasteiger partial charge in [-0.25, -0.2) is 0 Å². The van der Waals surface area contributed by atoms with Gasteiger partial charge >= 0.3 is 0 Å². The maximum absolute atomic E-state index is 14.6. The molecule has 0 aliphatic carbocycles. The summed E-state index contributed by atoms with van der Waals surface area (Å²) in [5.41, 5.74) is 20.0. The first-order chi connectivity index (χ1) is 28.9. The molecule has 15 nitrogen and oxygen atoms in total. The van der Waals surface area contributed by atoms with Gasteiger partial charge in [-0.2, -0.15) is 0 Å². The van der Waals surface area contributed by atoms with Crippen molar-refractivity contribution in [2.75, 3.05) is 78.5 Å². The third-order valence-corrected chi connectivity index (χ3v) is 11.1. The van der Waals surface area contributed by atoms with Crippen LogP contribution in [0.4, 0.5) is 0 Å². The number of nitrogens with two attached hydrogens (primary N) is 3. The summed E-state index contributed by atoms with van der Waals surface area (Å²) in [5.74, 6) is -2.98. The normalized spacial score (nSPS) is 17.5. The van der Waals surface area contributed by atoms with Gasteiger partial charge in [-0.15, -0.1) is 0 Å². The molecule has 1 aliphatic rings. The Morgan fingerprint density at radius 1 is 0.383 bits per heavy atom. The number of benzene rings is 3. The minimum Gasteiger partial charge on any atom is -0.332 e. The molecule has 0 saturated carbocycles. The average Bonchev–Trinajstić information content (AvgIpc) is 3.27. The average molecular weight is 826 g/mol. The van der Waals surface area contributed by atoms with Crippen molar-refractivity contribution < 1.29 is 28.8 Å². The van der Waals surface area contributed by atoms with Gasteiger partial charge in [-0.3, -0.25) is 28.8 Å². The summed E-state index contributed by atoms with van der Waals surface area (Å²) in [7, 11) is 0. The SMILES string of the molecule is C[C@@H](c1ccccc1)N1CC(=O)N(CCCN)CC(=O)N([C@@H](C)c2ccccc2)CC(=O)N(CCCN)CC(=O)N([C@@H](C)c2ccccc2)CC(=O)N(CCCN)CC1=O. The molecule has 15 heteroatoms. The van der Waals surface area contributed by atoms with Gasteiger partial charge in [0.2, 0.25) is 35.4 Å². The van der Waals surface area contributed by atoms with E-state index in [1.165, 1.54) is 29.4 Å². The van der Waals surface area contributed by atoms with Crippen LogP contribution in [0.1, 0.15) is 74.8 Å². The minimum absolute atomic E-state index is 0.123. The first kappa shape index (κ1) is 47.0. The van der Waals surface area contributed by atoms with Gasteiger partial charge < -0.3 is 46.6 Å². The van der Waals surface area contributed by atoms with E-state index in [0.29, 0.717) is 19.3 Å². The highest BCUT2D eigenvalue weighted by Gasteiger charge is 2.35. The molecule has 3 aromatic rings. The van der Waals surface area contributed by atoms with Crippen LogP contribution in [0.25, 0.3) is 0 Å². The van der Waals surface area contributed by atoms with E-state index in [1.54, 1.807) is 20.8 Å². The van der Waals surface area contributed by atoms with Crippen molar-refractivity contribution in [2.24, 2.45) is 17.2 Å². The van der Waals surface area contributed by atoms with Crippen LogP contribution < -0.4 is 17.2 Å². The fourth-order valence-electron chi connectivity index (χ4n) is 7.28. The third-order valence-electron chi connectivity index (χ3n) is 11.1. The van der Waals surface area contributed by atoms with E-state index in [2.05, 4.69) is 0 Å². The van der Waals surface area contributed by atoms with Crippen LogP contribution in [0.3, 0.4) is 0 Å². The lowest BCUT2D eigenvalue weighted by Crippen LogP contribution is -2.54. The molecular weight excluding hydrogens is 763 g/mol. The number of hydrogen-bond donors (Lipinski definition) is 3. The molecule has 1 fully saturated rings. The molecule has 6 amide bonds. The molecule has 0 unspecified atom stereocenters. The maximum atomic E-state index is 14.6. The van der Waals surface area contributed by atoms with E-state index in [4.69, 9.17) is 17.2 Å². The van der Waals surface area contributed by atoms with Crippen LogP contribution in [-0.2, 0) is 28.8 Å². The number of amides is 6.